The van der Waals surface area contributed by atoms with E-state index in [4.69, 9.17) is 33.5 Å². The maximum absolute atomic E-state index is 12.5. The summed E-state index contributed by atoms with van der Waals surface area (Å²) in [6.45, 7) is 2.39. The first-order valence-corrected chi connectivity index (χ1v) is 7.41. The third-order valence-electron chi connectivity index (χ3n) is 1.75. The van der Waals surface area contributed by atoms with E-state index in [0.29, 0.717) is 26.2 Å². The zero-order chi connectivity index (χ0) is 23.3. The molecule has 0 saturated heterocycles. The Morgan fingerprint density at radius 3 is 1.07 bits per heavy atom. The van der Waals surface area contributed by atoms with Gasteiger partial charge in [0.05, 0.1) is 11.5 Å². The molecule has 1 aromatic carbocycles. The maximum Gasteiger partial charge on any atom is 3.00 e. The number of carboxylic acids is 1. The number of carbonyl (C=O) groups is 1. The minimum Gasteiger partial charge on any atom is -0.696 e. The average Bonchev–Trinajstić information content (AvgIpc) is 2.66. The van der Waals surface area contributed by atoms with Crippen molar-refractivity contribution in [3.63, 3.8) is 0 Å². The molecule has 16 heteroatoms. The number of carbonyl (C=O) groups excluding carboxylic acids is 1. The number of halogens is 5. The molecule has 0 heterocycles. The molecular formula is C13H16CoF5N6O2S2. The van der Waals surface area contributed by atoms with Crippen LogP contribution in [-0.2, 0) is 42.0 Å². The largest absolute Gasteiger partial charge is 3.00 e. The summed E-state index contributed by atoms with van der Waals surface area (Å²) in [5, 5.41) is 26.9. The number of hydrogen-bond donors (Lipinski definition) is 4. The number of nitrogens with two attached hydrogens (primary N) is 4. The average molecular weight is 506 g/mol. The molecule has 0 spiro atoms. The van der Waals surface area contributed by atoms with Crippen LogP contribution < -0.4 is 28.0 Å². The molecule has 1 aromatic rings. The van der Waals surface area contributed by atoms with Crippen molar-refractivity contribution in [2.24, 2.45) is 22.9 Å². The van der Waals surface area contributed by atoms with E-state index in [9.17, 15) is 31.9 Å². The first kappa shape index (κ1) is 37.8. The fourth-order valence-electron chi connectivity index (χ4n) is 0.784. The molecule has 0 amide bonds. The van der Waals surface area contributed by atoms with Crippen molar-refractivity contribution in [3.8, 4) is 10.8 Å². The quantitative estimate of drug-likeness (QED) is 0.124. The van der Waals surface area contributed by atoms with Crippen LogP contribution in [-0.4, -0.2) is 32.1 Å². The molecule has 0 atom stereocenters. The number of thiocyanates is 2. The summed E-state index contributed by atoms with van der Waals surface area (Å²) in [5.74, 6) is -14.4. The SMILES string of the molecule is N#C[S-].N#C[S-].NCCN.NCCN.O=C([O-])c1c(F)c(F)c(F)c(F)c1F.[Co+3]. The van der Waals surface area contributed by atoms with Gasteiger partial charge in [-0.05, 0) is 0 Å². The fraction of sp³-hybridized carbons (Fsp3) is 0.308. The smallest absolute Gasteiger partial charge is 0.696 e. The van der Waals surface area contributed by atoms with E-state index in [1.165, 1.54) is 10.8 Å². The molecule has 166 valence electrons. The zero-order valence-electron chi connectivity index (χ0n) is 14.4. The van der Waals surface area contributed by atoms with Crippen LogP contribution in [0, 0.1) is 50.4 Å². The number of hydrogen-bond acceptors (Lipinski definition) is 10. The van der Waals surface area contributed by atoms with Crippen molar-refractivity contribution in [2.45, 2.75) is 0 Å². The van der Waals surface area contributed by atoms with Gasteiger partial charge in [0, 0.05) is 26.2 Å². The summed E-state index contributed by atoms with van der Waals surface area (Å²) in [4.78, 5) is 10.0. The van der Waals surface area contributed by atoms with E-state index in [1.54, 1.807) is 0 Å². The van der Waals surface area contributed by atoms with Crippen molar-refractivity contribution >= 4 is 31.2 Å². The molecule has 0 radical (unpaired) electrons. The number of nitriles is 2. The molecule has 0 fully saturated rings. The Labute approximate surface area is 185 Å². The van der Waals surface area contributed by atoms with Crippen LogP contribution in [0.2, 0.25) is 0 Å². The van der Waals surface area contributed by atoms with Gasteiger partial charge >= 0.3 is 16.8 Å². The molecule has 0 saturated carbocycles. The van der Waals surface area contributed by atoms with E-state index < -0.39 is 40.6 Å². The van der Waals surface area contributed by atoms with Gasteiger partial charge in [-0.1, -0.05) is 10.8 Å². The molecule has 1 rings (SSSR count). The Balaban J connectivity index is -0.000000106. The number of aromatic carboxylic acids is 1. The molecule has 0 unspecified atom stereocenters. The Morgan fingerprint density at radius 1 is 0.759 bits per heavy atom. The van der Waals surface area contributed by atoms with Crippen LogP contribution in [0.15, 0.2) is 0 Å². The van der Waals surface area contributed by atoms with Gasteiger partial charge in [0.15, 0.2) is 23.3 Å². The van der Waals surface area contributed by atoms with Crippen LogP contribution in [0.4, 0.5) is 22.0 Å². The van der Waals surface area contributed by atoms with E-state index >= 15 is 0 Å². The monoisotopic (exact) mass is 506 g/mol. The summed E-state index contributed by atoms with van der Waals surface area (Å²) in [5.41, 5.74) is 17.6. The standard InChI is InChI=1S/C7HF5O2.2C2H8N2.2CHNS.Co/c8-2-1(7(13)14)3(9)5(11)6(12)4(2)10;2*3-1-2-4;2*2-1-3;/h(H,13,14);2*1-4H2;2*3H;/q;;;;;+3/p-3. The molecule has 0 bridgehead atoms. The zero-order valence-corrected chi connectivity index (χ0v) is 17.1. The number of benzene rings is 1. The topological polar surface area (TPSA) is 192 Å². The van der Waals surface area contributed by atoms with Crippen LogP contribution >= 0.6 is 0 Å². The normalized spacial score (nSPS) is 7.55. The Hall–Kier alpha value is -1.89. The third kappa shape index (κ3) is 19.2. The predicted octanol–water partition coefficient (Wildman–Crippen LogP) is -1.42. The van der Waals surface area contributed by atoms with Crippen molar-refractivity contribution < 1.29 is 48.6 Å². The molecule has 0 aliphatic heterocycles. The second kappa shape index (κ2) is 26.1. The predicted molar refractivity (Wildman–Crippen MR) is 92.7 cm³/mol. The summed E-state index contributed by atoms with van der Waals surface area (Å²) in [6, 6.07) is 0. The van der Waals surface area contributed by atoms with Crippen LogP contribution in [0.5, 0.6) is 0 Å². The number of nitrogens with zero attached hydrogens (tertiary/aromatic N) is 2. The van der Waals surface area contributed by atoms with Crippen LogP contribution in [0.3, 0.4) is 0 Å². The summed E-state index contributed by atoms with van der Waals surface area (Å²) < 4.78 is 62.0. The minimum absolute atomic E-state index is 0. The van der Waals surface area contributed by atoms with Crippen LogP contribution in [0.25, 0.3) is 0 Å². The molecule has 0 aliphatic rings. The first-order chi connectivity index (χ1) is 13.0. The Kier molecular flexibility index (Phi) is 34.0. The van der Waals surface area contributed by atoms with Gasteiger partial charge in [-0.2, -0.15) is 0 Å². The van der Waals surface area contributed by atoms with Gasteiger partial charge in [-0.3, -0.25) is 0 Å². The molecule has 8 nitrogen and oxygen atoms in total. The van der Waals surface area contributed by atoms with Gasteiger partial charge < -0.3 is 58.1 Å². The van der Waals surface area contributed by atoms with Crippen molar-refractivity contribution in [2.75, 3.05) is 26.2 Å². The molecule has 0 aliphatic carbocycles. The van der Waals surface area contributed by atoms with Gasteiger partial charge in [-0.15, -0.1) is 0 Å². The van der Waals surface area contributed by atoms with E-state index in [0.717, 1.165) is 0 Å². The second-order valence-corrected chi connectivity index (χ2v) is 3.93. The third-order valence-corrected chi connectivity index (χ3v) is 1.75. The van der Waals surface area contributed by atoms with Gasteiger partial charge in [0.1, 0.15) is 0 Å². The molecule has 29 heavy (non-hydrogen) atoms. The van der Waals surface area contributed by atoms with Gasteiger partial charge in [0.25, 0.3) is 0 Å². The van der Waals surface area contributed by atoms with E-state index in [1.807, 2.05) is 0 Å². The molecule has 0 aromatic heterocycles. The van der Waals surface area contributed by atoms with Crippen LogP contribution in [0.1, 0.15) is 10.4 Å². The number of carboxylic acid groups (broad SMARTS) is 1. The first-order valence-electron chi connectivity index (χ1n) is 6.59. The molecule has 8 N–H and O–H groups in total. The van der Waals surface area contributed by atoms with Gasteiger partial charge in [-0.25, -0.2) is 32.5 Å². The number of rotatable bonds is 3. The Bertz CT molecular complexity index is 613. The van der Waals surface area contributed by atoms with Crippen molar-refractivity contribution in [1.29, 1.82) is 10.5 Å². The summed E-state index contributed by atoms with van der Waals surface area (Å²) in [7, 11) is 0. The van der Waals surface area contributed by atoms with Gasteiger partial charge in [0.2, 0.25) is 5.82 Å². The van der Waals surface area contributed by atoms with Crippen molar-refractivity contribution in [1.82, 2.24) is 0 Å². The van der Waals surface area contributed by atoms with E-state index in [-0.39, 0.29) is 16.8 Å². The van der Waals surface area contributed by atoms with Crippen molar-refractivity contribution in [3.05, 3.63) is 34.6 Å². The summed E-state index contributed by atoms with van der Waals surface area (Å²) >= 11 is 7.40. The second-order valence-electron chi connectivity index (χ2n) is 3.57. The maximum atomic E-state index is 12.5. The Morgan fingerprint density at radius 2 is 0.931 bits per heavy atom. The fourth-order valence-corrected chi connectivity index (χ4v) is 0.784. The minimum atomic E-state index is -2.47. The summed E-state index contributed by atoms with van der Waals surface area (Å²) in [6.07, 6.45) is 0. The van der Waals surface area contributed by atoms with E-state index in [2.05, 4.69) is 25.3 Å². The molecular weight excluding hydrogens is 490 g/mol.